The molecule has 110 valence electrons. The topological polar surface area (TPSA) is 41.9 Å². The van der Waals surface area contributed by atoms with Crippen LogP contribution in [0.2, 0.25) is 0 Å². The quantitative estimate of drug-likeness (QED) is 0.857. The SMILES string of the molecule is CC1CN(C2CC(C)(C)Oc3cc(O)ccc32)CCO1. The Hall–Kier alpha value is -1.26. The lowest BCUT2D eigenvalue weighted by Gasteiger charge is -2.44. The molecule has 0 bridgehead atoms. The molecule has 0 saturated carbocycles. The minimum absolute atomic E-state index is 0.215. The molecule has 4 nitrogen and oxygen atoms in total. The van der Waals surface area contributed by atoms with Crippen LogP contribution >= 0.6 is 0 Å². The summed E-state index contributed by atoms with van der Waals surface area (Å²) in [5, 5.41) is 9.68. The van der Waals surface area contributed by atoms with Gasteiger partial charge in [-0.3, -0.25) is 4.90 Å². The number of aromatic hydroxyl groups is 1. The number of benzene rings is 1. The minimum atomic E-state index is -0.215. The molecule has 1 saturated heterocycles. The zero-order valence-electron chi connectivity index (χ0n) is 12.4. The number of phenolic OH excluding ortho intramolecular Hbond substituents is 1. The lowest BCUT2D eigenvalue weighted by atomic mass is 9.88. The first-order valence-electron chi connectivity index (χ1n) is 7.32. The Labute approximate surface area is 120 Å². The van der Waals surface area contributed by atoms with Gasteiger partial charge in [0.15, 0.2) is 0 Å². The minimum Gasteiger partial charge on any atom is -0.508 e. The smallest absolute Gasteiger partial charge is 0.128 e. The summed E-state index contributed by atoms with van der Waals surface area (Å²) in [7, 11) is 0. The predicted molar refractivity (Wildman–Crippen MR) is 77.2 cm³/mol. The highest BCUT2D eigenvalue weighted by molar-refractivity contribution is 5.44. The summed E-state index contributed by atoms with van der Waals surface area (Å²) in [6.45, 7) is 9.01. The average molecular weight is 277 g/mol. The summed E-state index contributed by atoms with van der Waals surface area (Å²) in [6.07, 6.45) is 1.23. The number of hydrogen-bond acceptors (Lipinski definition) is 4. The van der Waals surface area contributed by atoms with E-state index in [2.05, 4.69) is 25.7 Å². The van der Waals surface area contributed by atoms with E-state index in [1.165, 1.54) is 5.56 Å². The Bertz CT molecular complexity index is 500. The number of morpholine rings is 1. The van der Waals surface area contributed by atoms with Gasteiger partial charge in [-0.25, -0.2) is 0 Å². The molecule has 1 aromatic carbocycles. The van der Waals surface area contributed by atoms with Gasteiger partial charge in [0.05, 0.1) is 12.7 Å². The fourth-order valence-corrected chi connectivity index (χ4v) is 3.26. The van der Waals surface area contributed by atoms with Gasteiger partial charge < -0.3 is 14.6 Å². The van der Waals surface area contributed by atoms with Crippen LogP contribution in [-0.4, -0.2) is 41.4 Å². The summed E-state index contributed by atoms with van der Waals surface area (Å²) < 4.78 is 11.7. The van der Waals surface area contributed by atoms with E-state index < -0.39 is 0 Å². The monoisotopic (exact) mass is 277 g/mol. The second-order valence-corrected chi connectivity index (χ2v) is 6.48. The summed E-state index contributed by atoms with van der Waals surface area (Å²) >= 11 is 0. The van der Waals surface area contributed by atoms with E-state index in [0.29, 0.717) is 6.04 Å². The molecule has 0 aliphatic carbocycles. The predicted octanol–water partition coefficient (Wildman–Crippen LogP) is 2.72. The highest BCUT2D eigenvalue weighted by Crippen LogP contribution is 2.44. The van der Waals surface area contributed by atoms with Crippen LogP contribution in [-0.2, 0) is 4.74 Å². The van der Waals surface area contributed by atoms with Gasteiger partial charge in [-0.1, -0.05) is 6.07 Å². The molecule has 3 rings (SSSR count). The standard InChI is InChI=1S/C16H23NO3/c1-11-10-17(6-7-19-11)14-9-16(2,3)20-15-8-12(18)4-5-13(14)15/h4-5,8,11,14,18H,6-7,9-10H2,1-3H3. The Morgan fingerprint density at radius 1 is 1.35 bits per heavy atom. The van der Waals surface area contributed by atoms with E-state index in [1.807, 2.05) is 6.07 Å². The van der Waals surface area contributed by atoms with Crippen molar-refractivity contribution in [1.82, 2.24) is 4.90 Å². The molecule has 1 fully saturated rings. The van der Waals surface area contributed by atoms with E-state index in [-0.39, 0.29) is 17.5 Å². The number of fused-ring (bicyclic) bond motifs is 1. The number of ether oxygens (including phenoxy) is 2. The zero-order chi connectivity index (χ0) is 14.3. The molecular formula is C16H23NO3. The van der Waals surface area contributed by atoms with E-state index in [1.54, 1.807) is 12.1 Å². The molecule has 2 heterocycles. The molecule has 2 unspecified atom stereocenters. The van der Waals surface area contributed by atoms with Crippen molar-refractivity contribution < 1.29 is 14.6 Å². The first-order valence-corrected chi connectivity index (χ1v) is 7.32. The summed E-state index contributed by atoms with van der Waals surface area (Å²) in [5.41, 5.74) is 0.962. The first kappa shape index (κ1) is 13.7. The number of hydrogen-bond donors (Lipinski definition) is 1. The molecule has 4 heteroatoms. The number of nitrogens with zero attached hydrogens (tertiary/aromatic N) is 1. The molecule has 20 heavy (non-hydrogen) atoms. The Balaban J connectivity index is 1.94. The molecule has 0 aromatic heterocycles. The van der Waals surface area contributed by atoms with Gasteiger partial charge in [0, 0.05) is 37.2 Å². The second kappa shape index (κ2) is 4.93. The second-order valence-electron chi connectivity index (χ2n) is 6.48. The van der Waals surface area contributed by atoms with Crippen molar-refractivity contribution in [3.05, 3.63) is 23.8 Å². The van der Waals surface area contributed by atoms with Gasteiger partial charge in [0.2, 0.25) is 0 Å². The summed E-state index contributed by atoms with van der Waals surface area (Å²) in [6, 6.07) is 5.80. The fraction of sp³-hybridized carbons (Fsp3) is 0.625. The molecular weight excluding hydrogens is 254 g/mol. The van der Waals surface area contributed by atoms with Crippen LogP contribution in [0.1, 0.15) is 38.8 Å². The Morgan fingerprint density at radius 2 is 2.15 bits per heavy atom. The van der Waals surface area contributed by atoms with Gasteiger partial charge >= 0.3 is 0 Å². The lowest BCUT2D eigenvalue weighted by Crippen LogP contribution is -2.47. The molecule has 0 spiro atoms. The van der Waals surface area contributed by atoms with Crippen molar-refractivity contribution in [3.63, 3.8) is 0 Å². The molecule has 1 aromatic rings. The molecule has 0 radical (unpaired) electrons. The molecule has 1 N–H and O–H groups in total. The van der Waals surface area contributed by atoms with Crippen LogP contribution in [0.25, 0.3) is 0 Å². The third-order valence-corrected chi connectivity index (χ3v) is 4.14. The van der Waals surface area contributed by atoms with Crippen molar-refractivity contribution in [2.75, 3.05) is 19.7 Å². The highest BCUT2D eigenvalue weighted by Gasteiger charge is 2.38. The molecule has 2 aliphatic heterocycles. The van der Waals surface area contributed by atoms with Crippen LogP contribution in [0.15, 0.2) is 18.2 Å². The van der Waals surface area contributed by atoms with E-state index in [9.17, 15) is 5.11 Å². The van der Waals surface area contributed by atoms with E-state index in [0.717, 1.165) is 31.9 Å². The van der Waals surface area contributed by atoms with Crippen LogP contribution < -0.4 is 4.74 Å². The van der Waals surface area contributed by atoms with E-state index in [4.69, 9.17) is 9.47 Å². The van der Waals surface area contributed by atoms with Crippen LogP contribution in [0.5, 0.6) is 11.5 Å². The normalized spacial score (nSPS) is 29.6. The fourth-order valence-electron chi connectivity index (χ4n) is 3.26. The van der Waals surface area contributed by atoms with Crippen molar-refractivity contribution >= 4 is 0 Å². The lowest BCUT2D eigenvalue weighted by molar-refractivity contribution is -0.0546. The van der Waals surface area contributed by atoms with Crippen LogP contribution in [0.3, 0.4) is 0 Å². The Morgan fingerprint density at radius 3 is 2.90 bits per heavy atom. The average Bonchev–Trinajstić information content (AvgIpc) is 2.36. The third-order valence-electron chi connectivity index (χ3n) is 4.14. The molecule has 2 atom stereocenters. The number of phenols is 1. The maximum atomic E-state index is 9.68. The van der Waals surface area contributed by atoms with Gasteiger partial charge in [0.25, 0.3) is 0 Å². The first-order chi connectivity index (χ1) is 9.44. The van der Waals surface area contributed by atoms with E-state index >= 15 is 0 Å². The van der Waals surface area contributed by atoms with Crippen molar-refractivity contribution in [3.8, 4) is 11.5 Å². The van der Waals surface area contributed by atoms with Crippen molar-refractivity contribution in [2.24, 2.45) is 0 Å². The van der Waals surface area contributed by atoms with Gasteiger partial charge in [0.1, 0.15) is 17.1 Å². The molecule has 0 amide bonds. The highest BCUT2D eigenvalue weighted by atomic mass is 16.5. The maximum Gasteiger partial charge on any atom is 0.128 e. The van der Waals surface area contributed by atoms with Crippen LogP contribution in [0.4, 0.5) is 0 Å². The Kier molecular flexibility index (Phi) is 3.38. The molecule has 2 aliphatic rings. The summed E-state index contributed by atoms with van der Waals surface area (Å²) in [5.74, 6) is 1.07. The van der Waals surface area contributed by atoms with Crippen molar-refractivity contribution in [1.29, 1.82) is 0 Å². The number of rotatable bonds is 1. The third kappa shape index (κ3) is 2.63. The van der Waals surface area contributed by atoms with Crippen LogP contribution in [0, 0.1) is 0 Å². The maximum absolute atomic E-state index is 9.68. The summed E-state index contributed by atoms with van der Waals surface area (Å²) in [4.78, 5) is 2.48. The van der Waals surface area contributed by atoms with Gasteiger partial charge in [-0.05, 0) is 26.8 Å². The van der Waals surface area contributed by atoms with Gasteiger partial charge in [-0.15, -0.1) is 0 Å². The largest absolute Gasteiger partial charge is 0.508 e. The van der Waals surface area contributed by atoms with Gasteiger partial charge in [-0.2, -0.15) is 0 Å². The zero-order valence-corrected chi connectivity index (χ0v) is 12.4. The van der Waals surface area contributed by atoms with Crippen molar-refractivity contribution in [2.45, 2.75) is 44.9 Å².